The first kappa shape index (κ1) is 90.2. The van der Waals surface area contributed by atoms with Gasteiger partial charge in [0.15, 0.2) is 0 Å². The first-order chi connectivity index (χ1) is 37.2. The zero-order chi connectivity index (χ0) is 65.2. The lowest BCUT2D eigenvalue weighted by molar-refractivity contribution is -1.06. The average Bonchev–Trinajstić information content (AvgIpc) is 3.72. The maximum atomic E-state index is 5.19. The minimum atomic E-state index is 0.938. The number of piperidine rings is 1. The number of rotatable bonds is 12. The van der Waals surface area contributed by atoms with Gasteiger partial charge >= 0.3 is 0 Å². The van der Waals surface area contributed by atoms with Gasteiger partial charge in [0.05, 0.1) is 255 Å². The van der Waals surface area contributed by atoms with Crippen molar-refractivity contribution >= 4 is 0 Å². The van der Waals surface area contributed by atoms with Gasteiger partial charge in [0.2, 0.25) is 0 Å². The van der Waals surface area contributed by atoms with Gasteiger partial charge in [-0.3, -0.25) is 0 Å². The van der Waals surface area contributed by atoms with E-state index in [0.29, 0.717) is 0 Å². The summed E-state index contributed by atoms with van der Waals surface area (Å²) in [6.07, 6.45) is 15.0. The van der Waals surface area contributed by atoms with Crippen LogP contribution in [0.15, 0.2) is 0 Å². The van der Waals surface area contributed by atoms with Crippen molar-refractivity contribution in [1.29, 1.82) is 0 Å². The van der Waals surface area contributed by atoms with Crippen LogP contribution in [0.25, 0.3) is 0 Å². The van der Waals surface area contributed by atoms with Crippen molar-refractivity contribution in [2.75, 3.05) is 347 Å². The molecule has 14 heteroatoms. The lowest BCUT2D eigenvalue weighted by Crippen LogP contribution is -3.02. The molecule has 0 unspecified atom stereocenters. The van der Waals surface area contributed by atoms with Crippen molar-refractivity contribution in [3.8, 4) is 0 Å². The van der Waals surface area contributed by atoms with E-state index in [1.54, 1.807) is 0 Å². The van der Waals surface area contributed by atoms with Gasteiger partial charge in [-0.1, -0.05) is 41.5 Å². The summed E-state index contributed by atoms with van der Waals surface area (Å²) < 4.78 is 18.5. The summed E-state index contributed by atoms with van der Waals surface area (Å²) in [5, 5.41) is 2.75. The van der Waals surface area contributed by atoms with Gasteiger partial charge in [-0.05, 0) is 71.9 Å². The predicted octanol–water partition coefficient (Wildman–Crippen LogP) is 6.82. The minimum Gasteiger partial charge on any atom is -0.370 e. The molecule has 0 aromatic rings. The Morgan fingerprint density at radius 1 is 0.329 bits per heavy atom. The normalized spacial score (nSPS) is 23.3. The molecule has 7 rings (SSSR count). The molecule has 82 heavy (non-hydrogen) atoms. The second kappa shape index (κ2) is 45.7. The van der Waals surface area contributed by atoms with Crippen molar-refractivity contribution < 1.29 is 59.0 Å². The molecule has 14 nitrogen and oxygen atoms in total. The third-order valence-electron chi connectivity index (χ3n) is 16.5. The molecule has 7 heterocycles. The molecule has 0 amide bonds. The van der Waals surface area contributed by atoms with Crippen molar-refractivity contribution in [2.45, 2.75) is 112 Å². The third-order valence-corrected chi connectivity index (χ3v) is 16.5. The Hall–Kier alpha value is -0.560. The number of morpholine rings is 1. The molecule has 0 aliphatic carbocycles. The summed E-state index contributed by atoms with van der Waals surface area (Å²) in [6, 6.07) is 0. The Balaban J connectivity index is -0.000000269. The van der Waals surface area contributed by atoms with Gasteiger partial charge in [-0.25, -0.2) is 0 Å². The molecule has 0 atom stereocenters. The molecular formula is C68H171N13O+12. The molecule has 0 radical (unpaired) electrons. The SMILES string of the molecule is CCC[N+](C)(C)C.CCC[N+](C)(C)CCC.CCC[N+](C)(CCC)CCC.CNC.C[N+](C)(C)C.C[N+]1(C)CCCC1.C[N+]1(C)CCCCC1.C[N+]1(C)CCOCC1.C[N+]1(C)CC[N+](C)(C)CC1.C[N+]12CC[N+](C)(CC1)CC2.C[NH+](C)C. The van der Waals surface area contributed by atoms with Crippen LogP contribution < -0.4 is 10.2 Å². The van der Waals surface area contributed by atoms with Gasteiger partial charge in [-0.2, -0.15) is 0 Å². The molecule has 2 bridgehead atoms. The van der Waals surface area contributed by atoms with E-state index in [4.69, 9.17) is 4.74 Å². The third kappa shape index (κ3) is 63.9. The first-order valence-electron chi connectivity index (χ1n) is 34.1. The smallest absolute Gasteiger partial charge is 0.129 e. The maximum absolute atomic E-state index is 5.19. The summed E-state index contributed by atoms with van der Waals surface area (Å²) >= 11 is 0. The Morgan fingerprint density at radius 3 is 0.695 bits per heavy atom. The maximum Gasteiger partial charge on any atom is 0.129 e. The van der Waals surface area contributed by atoms with Crippen molar-refractivity contribution in [1.82, 2.24) is 5.32 Å². The average molecular weight is 1190 g/mol. The fourth-order valence-electron chi connectivity index (χ4n) is 10.8. The highest BCUT2D eigenvalue weighted by atomic mass is 16.5. The van der Waals surface area contributed by atoms with E-state index in [0.717, 1.165) is 26.7 Å². The number of piperazine rings is 4. The number of likely N-dealkylation sites (tertiary alicyclic amines) is 2. The number of fused-ring (bicyclic) bond motifs is 3. The highest BCUT2D eigenvalue weighted by molar-refractivity contribution is 4.57. The second-order valence-corrected chi connectivity index (χ2v) is 33.7. The molecule has 7 fully saturated rings. The van der Waals surface area contributed by atoms with Crippen LogP contribution in [0.3, 0.4) is 0 Å². The van der Waals surface area contributed by atoms with Crippen LogP contribution in [0.5, 0.6) is 0 Å². The minimum absolute atomic E-state index is 0.938. The highest BCUT2D eigenvalue weighted by Gasteiger charge is 2.43. The van der Waals surface area contributed by atoms with Gasteiger partial charge in [0, 0.05) is 12.8 Å². The number of nitrogens with zero attached hydrogens (tertiary/aromatic N) is 11. The Bertz CT molecular complexity index is 1280. The van der Waals surface area contributed by atoms with Crippen LogP contribution in [-0.4, -0.2) is 397 Å². The number of quaternary nitrogens is 12. The molecule has 7 saturated heterocycles. The molecule has 0 saturated carbocycles. The molecule has 0 spiro atoms. The van der Waals surface area contributed by atoms with Crippen LogP contribution in [-0.2, 0) is 4.74 Å². The summed E-state index contributed by atoms with van der Waals surface area (Å²) in [5.41, 5.74) is 0. The molecule has 2 N–H and O–H groups in total. The predicted molar refractivity (Wildman–Crippen MR) is 370 cm³/mol. The standard InChI is InChI=1S/C10H24N.C8H18N2.C8H20N2.C8H20N.C7H16N.C6H14NO.C6H14N.C6H16N.C4H12N.C3H9N.C2H7N/c1-5-8-11(4,9-6-2)10-7-3;1-9-3-6-10(2,7-4-9)8-5-9;1-9(2)5-7-10(3,4)8-6-9;1-5-7-9(3,4)8-6-2;1-8(2)6-4-3-5-7-8;1-7(2)3-5-8-6-4-7;1-7(2)5-3-4-6-7;1-5-6-7(2,3)4;1-5(2,3)4;1-4(2)3;1-3-2/h5-10H2,1-4H3;3-8H2,1-2H3;5-8H2,1-4H3;5-8H2,1-4H3;3-7H2,1-2H3;3-6H2,1-2H3;3-6H2,1-2H3;5-6H2,1-4H3;1-4H3;1-3H3;3H,1-2H3/q+1;2*+2;6*+1;;/p+1. The number of hydrogen-bond acceptors (Lipinski definition) is 2. The van der Waals surface area contributed by atoms with Gasteiger partial charge in [0.1, 0.15) is 78.5 Å². The van der Waals surface area contributed by atoms with E-state index in [1.165, 1.54) is 255 Å². The molecule has 502 valence electrons. The van der Waals surface area contributed by atoms with Crippen molar-refractivity contribution in [2.24, 2.45) is 0 Å². The second-order valence-electron chi connectivity index (χ2n) is 33.7. The summed E-state index contributed by atoms with van der Waals surface area (Å²) in [5.74, 6) is 0. The zero-order valence-corrected chi connectivity index (χ0v) is 64.1. The van der Waals surface area contributed by atoms with Crippen molar-refractivity contribution in [3.63, 3.8) is 0 Å². The Morgan fingerprint density at radius 2 is 0.537 bits per heavy atom. The molecule has 7 aliphatic heterocycles. The first-order valence-corrected chi connectivity index (χ1v) is 34.1. The topological polar surface area (TPSA) is 25.7 Å². The van der Waals surface area contributed by atoms with Crippen LogP contribution in [0.2, 0.25) is 0 Å². The Labute approximate surface area is 521 Å². The number of ether oxygens (including phenoxy) is 1. The highest BCUT2D eigenvalue weighted by Crippen LogP contribution is 2.22. The molecule has 7 aliphatic rings. The van der Waals surface area contributed by atoms with E-state index in [2.05, 4.69) is 223 Å². The van der Waals surface area contributed by atoms with E-state index < -0.39 is 0 Å². The number of likely N-dealkylation sites (N-methyl/N-ethyl adjacent to an activating group) is 5. The van der Waals surface area contributed by atoms with Crippen LogP contribution in [0, 0.1) is 0 Å². The number of nitrogens with one attached hydrogen (secondary N) is 2. The van der Waals surface area contributed by atoms with Crippen LogP contribution in [0.1, 0.15) is 112 Å². The zero-order valence-electron chi connectivity index (χ0n) is 64.1. The monoisotopic (exact) mass is 1190 g/mol. The van der Waals surface area contributed by atoms with Crippen molar-refractivity contribution in [3.05, 3.63) is 0 Å². The van der Waals surface area contributed by atoms with E-state index >= 15 is 0 Å². The van der Waals surface area contributed by atoms with E-state index in [-0.39, 0.29) is 0 Å². The molecule has 0 aromatic heterocycles. The van der Waals surface area contributed by atoms with E-state index in [1.807, 2.05) is 14.1 Å². The number of hydrogen-bond donors (Lipinski definition) is 2. The lowest BCUT2D eigenvalue weighted by atomic mass is 10.1. The molecule has 0 aromatic carbocycles. The van der Waals surface area contributed by atoms with Gasteiger partial charge in [0.25, 0.3) is 0 Å². The summed E-state index contributed by atoms with van der Waals surface area (Å²) in [6.45, 7) is 45.0. The van der Waals surface area contributed by atoms with Crippen LogP contribution >= 0.6 is 0 Å². The largest absolute Gasteiger partial charge is 0.370 e. The summed E-state index contributed by atoms with van der Waals surface area (Å²) in [7, 11) is 59.9. The molecular weight excluding hydrogens is 1010 g/mol. The fraction of sp³-hybridized carbons (Fsp3) is 1.00. The van der Waals surface area contributed by atoms with E-state index in [9.17, 15) is 0 Å². The Kier molecular flexibility index (Phi) is 50.2. The summed E-state index contributed by atoms with van der Waals surface area (Å²) in [4.78, 5) is 1.42. The quantitative estimate of drug-likeness (QED) is 0.210. The van der Waals surface area contributed by atoms with Gasteiger partial charge in [-0.15, -0.1) is 0 Å². The van der Waals surface area contributed by atoms with Crippen LogP contribution in [0.4, 0.5) is 0 Å². The lowest BCUT2D eigenvalue weighted by Gasteiger charge is -2.52. The fourth-order valence-corrected chi connectivity index (χ4v) is 10.8. The van der Waals surface area contributed by atoms with Gasteiger partial charge < -0.3 is 64.3 Å².